The van der Waals surface area contributed by atoms with Gasteiger partial charge in [-0.05, 0) is 62.8 Å². The van der Waals surface area contributed by atoms with E-state index in [1.54, 1.807) is 17.9 Å². The zero-order valence-electron chi connectivity index (χ0n) is 18.5. The molecule has 0 bridgehead atoms. The van der Waals surface area contributed by atoms with E-state index < -0.39 is 17.9 Å². The number of nitrogens with one attached hydrogen (secondary N) is 1. The highest BCUT2D eigenvalue weighted by atomic mass is 19.1. The minimum Gasteiger partial charge on any atom is -0.394 e. The molecule has 2 heterocycles. The fraction of sp³-hybridized carbons (Fsp3) is 0.652. The molecule has 3 N–H and O–H groups in total. The number of hydrogen-bond donors (Lipinski definition) is 3. The summed E-state index contributed by atoms with van der Waals surface area (Å²) in [4.78, 5) is 31.0. The summed E-state index contributed by atoms with van der Waals surface area (Å²) < 4.78 is 13.4. The Bertz CT molecular complexity index is 849. The molecule has 4 rings (SSSR count). The van der Waals surface area contributed by atoms with Crippen LogP contribution in [0.25, 0.3) is 0 Å². The van der Waals surface area contributed by atoms with Crippen molar-refractivity contribution in [3.8, 4) is 0 Å². The standard InChI is InChI=1S/C23H33FN4O4/c1-16-21(31)28(12-11-27(16)22(32)25-18-4-2-3-17(24)13-18)19(15-29)5-9-26-10-8-23(6-7-23)20(30)14-26/h2-4,13,16,19-20,29-30H,5-12,14-15H2,1H3,(H,25,32). The molecule has 9 heteroatoms. The molecule has 3 atom stereocenters. The average Bonchev–Trinajstić information content (AvgIpc) is 3.55. The minimum absolute atomic E-state index is 0.145. The van der Waals surface area contributed by atoms with Crippen LogP contribution in [0.1, 0.15) is 32.6 Å². The number of urea groups is 1. The molecule has 1 aliphatic carbocycles. The molecule has 3 aliphatic rings. The smallest absolute Gasteiger partial charge is 0.322 e. The van der Waals surface area contributed by atoms with Gasteiger partial charge in [0.15, 0.2) is 0 Å². The molecule has 2 saturated heterocycles. The van der Waals surface area contributed by atoms with E-state index in [2.05, 4.69) is 10.2 Å². The van der Waals surface area contributed by atoms with Crippen molar-refractivity contribution >= 4 is 17.6 Å². The first kappa shape index (κ1) is 22.9. The van der Waals surface area contributed by atoms with Crippen molar-refractivity contribution in [2.45, 2.75) is 50.8 Å². The lowest BCUT2D eigenvalue weighted by molar-refractivity contribution is -0.143. The minimum atomic E-state index is -0.683. The Morgan fingerprint density at radius 2 is 2.06 bits per heavy atom. The number of likely N-dealkylation sites (tertiary alicyclic amines) is 1. The number of piperazine rings is 1. The third kappa shape index (κ3) is 4.74. The molecule has 2 aliphatic heterocycles. The Hall–Kier alpha value is -2.23. The van der Waals surface area contributed by atoms with Crippen LogP contribution in [0.15, 0.2) is 24.3 Å². The second-order valence-corrected chi connectivity index (χ2v) is 9.40. The first-order valence-electron chi connectivity index (χ1n) is 11.5. The second kappa shape index (κ2) is 9.33. The van der Waals surface area contributed by atoms with Gasteiger partial charge in [-0.25, -0.2) is 9.18 Å². The molecule has 176 valence electrons. The quantitative estimate of drug-likeness (QED) is 0.613. The molecule has 1 aromatic carbocycles. The van der Waals surface area contributed by atoms with Crippen molar-refractivity contribution in [1.82, 2.24) is 14.7 Å². The van der Waals surface area contributed by atoms with Crippen molar-refractivity contribution in [2.24, 2.45) is 5.41 Å². The van der Waals surface area contributed by atoms with Gasteiger partial charge < -0.3 is 30.2 Å². The molecule has 3 amide bonds. The largest absolute Gasteiger partial charge is 0.394 e. The van der Waals surface area contributed by atoms with E-state index in [9.17, 15) is 24.2 Å². The van der Waals surface area contributed by atoms with Gasteiger partial charge in [0.2, 0.25) is 5.91 Å². The first-order valence-corrected chi connectivity index (χ1v) is 11.5. The number of rotatable bonds is 6. The van der Waals surface area contributed by atoms with Gasteiger partial charge in [0.1, 0.15) is 11.9 Å². The molecule has 1 saturated carbocycles. The third-order valence-electron chi connectivity index (χ3n) is 7.41. The van der Waals surface area contributed by atoms with Crippen molar-refractivity contribution in [1.29, 1.82) is 0 Å². The number of benzene rings is 1. The van der Waals surface area contributed by atoms with E-state index in [0.29, 0.717) is 38.3 Å². The Morgan fingerprint density at radius 3 is 2.72 bits per heavy atom. The van der Waals surface area contributed by atoms with E-state index in [0.717, 1.165) is 25.8 Å². The third-order valence-corrected chi connectivity index (χ3v) is 7.41. The predicted molar refractivity (Wildman–Crippen MR) is 118 cm³/mol. The second-order valence-electron chi connectivity index (χ2n) is 9.40. The number of nitrogens with zero attached hydrogens (tertiary/aromatic N) is 3. The molecule has 0 aromatic heterocycles. The van der Waals surface area contributed by atoms with Crippen LogP contribution in [0.2, 0.25) is 0 Å². The number of β-amino-alcohol motifs (C(OH)–C–C–N with tert-alkyl or cyclic N) is 1. The van der Waals surface area contributed by atoms with Crippen LogP contribution in [-0.4, -0.2) is 94.4 Å². The molecule has 3 fully saturated rings. The maximum absolute atomic E-state index is 13.4. The number of piperidine rings is 1. The molecule has 0 radical (unpaired) electrons. The number of amides is 3. The lowest BCUT2D eigenvalue weighted by Gasteiger charge is -2.43. The van der Waals surface area contributed by atoms with E-state index in [1.807, 2.05) is 0 Å². The van der Waals surface area contributed by atoms with E-state index >= 15 is 0 Å². The van der Waals surface area contributed by atoms with Crippen molar-refractivity contribution in [3.05, 3.63) is 30.1 Å². The Morgan fingerprint density at radius 1 is 1.28 bits per heavy atom. The van der Waals surface area contributed by atoms with E-state index in [4.69, 9.17) is 0 Å². The van der Waals surface area contributed by atoms with Gasteiger partial charge in [-0.1, -0.05) is 6.07 Å². The molecule has 1 spiro atoms. The number of aliphatic hydroxyl groups excluding tert-OH is 2. The number of carbonyl (C=O) groups excluding carboxylic acids is 2. The number of halogens is 1. The van der Waals surface area contributed by atoms with Crippen molar-refractivity contribution < 1.29 is 24.2 Å². The molecular formula is C23H33FN4O4. The highest BCUT2D eigenvalue weighted by Gasteiger charge is 2.51. The number of anilines is 1. The van der Waals surface area contributed by atoms with Gasteiger partial charge in [0, 0.05) is 31.9 Å². The maximum atomic E-state index is 13.4. The fourth-order valence-electron chi connectivity index (χ4n) is 5.00. The van der Waals surface area contributed by atoms with Gasteiger partial charge in [0.05, 0.1) is 18.8 Å². The number of hydrogen-bond acceptors (Lipinski definition) is 5. The SMILES string of the molecule is CC1C(=O)N(C(CO)CCN2CCC3(CC3)C(O)C2)CCN1C(=O)Nc1cccc(F)c1. The highest BCUT2D eigenvalue weighted by Crippen LogP contribution is 2.53. The van der Waals surface area contributed by atoms with Crippen LogP contribution < -0.4 is 5.32 Å². The fourth-order valence-corrected chi connectivity index (χ4v) is 5.00. The van der Waals surface area contributed by atoms with E-state index in [-0.39, 0.29) is 30.1 Å². The number of aliphatic hydroxyl groups is 2. The summed E-state index contributed by atoms with van der Waals surface area (Å²) in [6.45, 7) is 4.48. The Labute approximate surface area is 188 Å². The van der Waals surface area contributed by atoms with Crippen LogP contribution in [-0.2, 0) is 4.79 Å². The summed E-state index contributed by atoms with van der Waals surface area (Å²) in [7, 11) is 0. The van der Waals surface area contributed by atoms with Crippen molar-refractivity contribution in [2.75, 3.05) is 44.6 Å². The van der Waals surface area contributed by atoms with Gasteiger partial charge in [0.25, 0.3) is 0 Å². The number of carbonyl (C=O) groups is 2. The lowest BCUT2D eigenvalue weighted by Crippen LogP contribution is -2.61. The molecule has 3 unspecified atom stereocenters. The summed E-state index contributed by atoms with van der Waals surface area (Å²) in [6.07, 6.45) is 3.57. The Balaban J connectivity index is 1.30. The zero-order chi connectivity index (χ0) is 22.9. The van der Waals surface area contributed by atoms with Crippen LogP contribution in [0.3, 0.4) is 0 Å². The normalized spacial score (nSPS) is 26.3. The monoisotopic (exact) mass is 448 g/mol. The van der Waals surface area contributed by atoms with Gasteiger partial charge in [-0.2, -0.15) is 0 Å². The summed E-state index contributed by atoms with van der Waals surface area (Å²) in [5, 5.41) is 23.0. The van der Waals surface area contributed by atoms with Gasteiger partial charge >= 0.3 is 6.03 Å². The van der Waals surface area contributed by atoms with Gasteiger partial charge in [-0.15, -0.1) is 0 Å². The van der Waals surface area contributed by atoms with Gasteiger partial charge in [-0.3, -0.25) is 4.79 Å². The van der Waals surface area contributed by atoms with E-state index in [1.165, 1.54) is 23.1 Å². The maximum Gasteiger partial charge on any atom is 0.322 e. The zero-order valence-corrected chi connectivity index (χ0v) is 18.5. The van der Waals surface area contributed by atoms with Crippen LogP contribution >= 0.6 is 0 Å². The molecule has 1 aromatic rings. The van der Waals surface area contributed by atoms with Crippen LogP contribution in [0, 0.1) is 11.2 Å². The predicted octanol–water partition coefficient (Wildman–Crippen LogP) is 1.49. The molecular weight excluding hydrogens is 415 g/mol. The van der Waals surface area contributed by atoms with Crippen molar-refractivity contribution in [3.63, 3.8) is 0 Å². The molecule has 8 nitrogen and oxygen atoms in total. The summed E-state index contributed by atoms with van der Waals surface area (Å²) >= 11 is 0. The lowest BCUT2D eigenvalue weighted by atomic mass is 9.90. The summed E-state index contributed by atoms with van der Waals surface area (Å²) in [5.74, 6) is -0.656. The average molecular weight is 449 g/mol. The van der Waals surface area contributed by atoms with Crippen LogP contribution in [0.4, 0.5) is 14.9 Å². The summed E-state index contributed by atoms with van der Waals surface area (Å²) in [6, 6.07) is 4.16. The Kier molecular flexibility index (Phi) is 6.69. The topological polar surface area (TPSA) is 96.3 Å². The molecule has 32 heavy (non-hydrogen) atoms. The highest BCUT2D eigenvalue weighted by molar-refractivity contribution is 5.94. The van der Waals surface area contributed by atoms with Crippen LogP contribution in [0.5, 0.6) is 0 Å². The first-order chi connectivity index (χ1) is 15.3. The summed E-state index contributed by atoms with van der Waals surface area (Å²) in [5.41, 5.74) is 0.489.